The molecule has 1 amide bonds. The lowest BCUT2D eigenvalue weighted by Crippen LogP contribution is -2.34. The van der Waals surface area contributed by atoms with Gasteiger partial charge in [-0.1, -0.05) is 5.21 Å². The third-order valence-electron chi connectivity index (χ3n) is 3.17. The van der Waals surface area contributed by atoms with Gasteiger partial charge in [0.2, 0.25) is 5.91 Å². The van der Waals surface area contributed by atoms with Crippen LogP contribution in [0.4, 0.5) is 0 Å². The summed E-state index contributed by atoms with van der Waals surface area (Å²) in [6, 6.07) is -0.453. The van der Waals surface area contributed by atoms with E-state index in [1.807, 2.05) is 18.7 Å². The Morgan fingerprint density at radius 2 is 2.06 bits per heavy atom. The van der Waals surface area contributed by atoms with Crippen molar-refractivity contribution in [2.45, 2.75) is 38.8 Å². The molecule has 0 bridgehead atoms. The van der Waals surface area contributed by atoms with Gasteiger partial charge < -0.3 is 10.6 Å². The second-order valence-corrected chi connectivity index (χ2v) is 4.62. The Hall–Kier alpha value is -1.43. The Morgan fingerprint density at radius 1 is 1.41 bits per heavy atom. The van der Waals surface area contributed by atoms with Crippen molar-refractivity contribution in [1.29, 1.82) is 0 Å². The van der Waals surface area contributed by atoms with Crippen molar-refractivity contribution in [2.75, 3.05) is 13.1 Å². The number of likely N-dealkylation sites (tertiary alicyclic amines) is 1. The number of hydrogen-bond donors (Lipinski definition) is 1. The number of aromatic nitrogens is 3. The fraction of sp³-hybridized carbons (Fsp3) is 0.727. The molecule has 6 heteroatoms. The summed E-state index contributed by atoms with van der Waals surface area (Å²) in [6.07, 6.45) is 3.95. The van der Waals surface area contributed by atoms with E-state index in [4.69, 9.17) is 5.73 Å². The van der Waals surface area contributed by atoms with Crippen molar-refractivity contribution in [2.24, 2.45) is 5.73 Å². The van der Waals surface area contributed by atoms with E-state index in [0.29, 0.717) is 5.69 Å². The molecule has 1 saturated heterocycles. The van der Waals surface area contributed by atoms with Gasteiger partial charge >= 0.3 is 0 Å². The summed E-state index contributed by atoms with van der Waals surface area (Å²) < 4.78 is 1.60. The van der Waals surface area contributed by atoms with Crippen LogP contribution in [0.5, 0.6) is 0 Å². The lowest BCUT2D eigenvalue weighted by atomic mass is 10.2. The molecule has 2 atom stereocenters. The van der Waals surface area contributed by atoms with E-state index >= 15 is 0 Å². The molecular formula is C11H19N5O. The topological polar surface area (TPSA) is 77.0 Å². The number of amides is 1. The summed E-state index contributed by atoms with van der Waals surface area (Å²) in [7, 11) is 0. The highest BCUT2D eigenvalue weighted by Gasteiger charge is 2.25. The molecule has 17 heavy (non-hydrogen) atoms. The van der Waals surface area contributed by atoms with Crippen molar-refractivity contribution >= 4 is 5.91 Å². The monoisotopic (exact) mass is 237 g/mol. The number of rotatable bonds is 3. The maximum absolute atomic E-state index is 12.1. The van der Waals surface area contributed by atoms with E-state index in [1.54, 1.807) is 10.9 Å². The van der Waals surface area contributed by atoms with Crippen LogP contribution in [0.3, 0.4) is 0 Å². The molecule has 0 aromatic carbocycles. The van der Waals surface area contributed by atoms with Gasteiger partial charge in [0.05, 0.1) is 11.9 Å². The van der Waals surface area contributed by atoms with Crippen molar-refractivity contribution < 1.29 is 4.79 Å². The van der Waals surface area contributed by atoms with Crippen LogP contribution in [0.15, 0.2) is 6.20 Å². The van der Waals surface area contributed by atoms with Gasteiger partial charge in [0.15, 0.2) is 0 Å². The summed E-state index contributed by atoms with van der Waals surface area (Å²) in [6.45, 7) is 5.41. The highest BCUT2D eigenvalue weighted by atomic mass is 16.2. The van der Waals surface area contributed by atoms with Crippen LogP contribution in [-0.2, 0) is 4.79 Å². The molecule has 0 spiro atoms. The number of carbonyl (C=O) groups excluding carboxylic acids is 1. The molecule has 2 unspecified atom stereocenters. The van der Waals surface area contributed by atoms with Crippen LogP contribution in [0.25, 0.3) is 0 Å². The van der Waals surface area contributed by atoms with Crippen LogP contribution in [0.2, 0.25) is 0 Å². The minimum atomic E-state index is -0.298. The molecule has 2 rings (SSSR count). The Bertz CT molecular complexity index is 394. The van der Waals surface area contributed by atoms with E-state index in [-0.39, 0.29) is 18.0 Å². The Morgan fingerprint density at radius 3 is 2.59 bits per heavy atom. The van der Waals surface area contributed by atoms with Crippen LogP contribution in [0, 0.1) is 0 Å². The summed E-state index contributed by atoms with van der Waals surface area (Å²) >= 11 is 0. The minimum Gasteiger partial charge on any atom is -0.341 e. The van der Waals surface area contributed by atoms with Crippen molar-refractivity contribution in [1.82, 2.24) is 19.9 Å². The first-order chi connectivity index (χ1) is 8.09. The zero-order valence-corrected chi connectivity index (χ0v) is 10.3. The largest absolute Gasteiger partial charge is 0.341 e. The van der Waals surface area contributed by atoms with Crippen molar-refractivity contribution in [3.8, 4) is 0 Å². The van der Waals surface area contributed by atoms with Gasteiger partial charge in [-0.2, -0.15) is 0 Å². The van der Waals surface area contributed by atoms with E-state index in [2.05, 4.69) is 10.3 Å². The first-order valence-electron chi connectivity index (χ1n) is 6.05. The normalized spacial score (nSPS) is 19.4. The smallest absolute Gasteiger partial charge is 0.247 e. The highest BCUT2D eigenvalue weighted by Crippen LogP contribution is 2.15. The average molecular weight is 237 g/mol. The number of hydrogen-bond acceptors (Lipinski definition) is 4. The maximum Gasteiger partial charge on any atom is 0.247 e. The van der Waals surface area contributed by atoms with Crippen molar-refractivity contribution in [3.63, 3.8) is 0 Å². The molecule has 1 fully saturated rings. The lowest BCUT2D eigenvalue weighted by Gasteiger charge is -2.19. The first kappa shape index (κ1) is 12.0. The molecule has 1 aromatic heterocycles. The zero-order chi connectivity index (χ0) is 12.4. The molecular weight excluding hydrogens is 218 g/mol. The second-order valence-electron chi connectivity index (χ2n) is 4.62. The van der Waals surface area contributed by atoms with Crippen LogP contribution in [-0.4, -0.2) is 38.9 Å². The summed E-state index contributed by atoms with van der Waals surface area (Å²) in [5.74, 6) is 0.114. The van der Waals surface area contributed by atoms with Gasteiger partial charge in [-0.3, -0.25) is 4.79 Å². The number of nitrogens with two attached hydrogens (primary N) is 1. The Labute approximate surface area is 101 Å². The predicted octanol–water partition coefficient (Wildman–Crippen LogP) is 0.481. The van der Waals surface area contributed by atoms with E-state index in [9.17, 15) is 4.79 Å². The predicted molar refractivity (Wildman–Crippen MR) is 63.1 cm³/mol. The van der Waals surface area contributed by atoms with Crippen LogP contribution in [0.1, 0.15) is 44.5 Å². The molecule has 2 heterocycles. The van der Waals surface area contributed by atoms with E-state index in [1.165, 1.54) is 0 Å². The van der Waals surface area contributed by atoms with Crippen molar-refractivity contribution in [3.05, 3.63) is 11.9 Å². The third kappa shape index (κ3) is 2.46. The molecule has 0 saturated carbocycles. The number of carbonyl (C=O) groups is 1. The fourth-order valence-electron chi connectivity index (χ4n) is 2.00. The van der Waals surface area contributed by atoms with Gasteiger partial charge in [-0.15, -0.1) is 5.10 Å². The first-order valence-corrected chi connectivity index (χ1v) is 6.05. The Kier molecular flexibility index (Phi) is 3.42. The van der Waals surface area contributed by atoms with Gasteiger partial charge in [0.1, 0.15) is 6.04 Å². The molecule has 6 nitrogen and oxygen atoms in total. The molecule has 1 aliphatic heterocycles. The van der Waals surface area contributed by atoms with Gasteiger partial charge in [-0.25, -0.2) is 4.68 Å². The van der Waals surface area contributed by atoms with E-state index in [0.717, 1.165) is 25.9 Å². The highest BCUT2D eigenvalue weighted by molar-refractivity contribution is 5.80. The van der Waals surface area contributed by atoms with Gasteiger partial charge in [-0.05, 0) is 26.7 Å². The molecule has 1 aromatic rings. The van der Waals surface area contributed by atoms with Gasteiger partial charge in [0.25, 0.3) is 0 Å². The summed E-state index contributed by atoms with van der Waals surface area (Å²) in [5.41, 5.74) is 6.43. The molecule has 1 aliphatic rings. The molecule has 0 aliphatic carbocycles. The Balaban J connectivity index is 2.07. The molecule has 94 valence electrons. The minimum absolute atomic E-state index is 0.114. The summed E-state index contributed by atoms with van der Waals surface area (Å²) in [5, 5.41) is 7.93. The molecule has 0 radical (unpaired) electrons. The lowest BCUT2D eigenvalue weighted by molar-refractivity contribution is -0.133. The van der Waals surface area contributed by atoms with Crippen LogP contribution >= 0.6 is 0 Å². The second kappa shape index (κ2) is 4.83. The standard InChI is InChI=1S/C11H19N5O/c1-8(12)10-7-16(14-13-10)9(2)11(17)15-5-3-4-6-15/h7-9H,3-6,12H2,1-2H3. The average Bonchev–Trinajstić information content (AvgIpc) is 2.97. The zero-order valence-electron chi connectivity index (χ0n) is 10.3. The van der Waals surface area contributed by atoms with Crippen LogP contribution < -0.4 is 5.73 Å². The summed E-state index contributed by atoms with van der Waals surface area (Å²) in [4.78, 5) is 14.0. The van der Waals surface area contributed by atoms with Gasteiger partial charge in [0, 0.05) is 19.1 Å². The quantitative estimate of drug-likeness (QED) is 0.829. The maximum atomic E-state index is 12.1. The van der Waals surface area contributed by atoms with E-state index < -0.39 is 0 Å². The number of nitrogens with zero attached hydrogens (tertiary/aromatic N) is 4. The molecule has 2 N–H and O–H groups in total. The fourth-order valence-corrected chi connectivity index (χ4v) is 2.00. The SMILES string of the molecule is CC(N)c1cn(C(C)C(=O)N2CCCC2)nn1. The third-order valence-corrected chi connectivity index (χ3v) is 3.17.